The Morgan fingerprint density at radius 3 is 2.20 bits per heavy atom. The molecule has 3 heteroatoms. The number of anilines is 1. The van der Waals surface area contributed by atoms with E-state index in [-0.39, 0.29) is 5.54 Å². The van der Waals surface area contributed by atoms with Crippen molar-refractivity contribution in [3.05, 3.63) is 23.4 Å². The van der Waals surface area contributed by atoms with Crippen LogP contribution in [0.3, 0.4) is 0 Å². The Morgan fingerprint density at radius 2 is 1.75 bits per heavy atom. The van der Waals surface area contributed by atoms with E-state index in [4.69, 9.17) is 4.98 Å². The Labute approximate surface area is 124 Å². The molecule has 1 N–H and O–H groups in total. The molecule has 20 heavy (non-hydrogen) atoms. The van der Waals surface area contributed by atoms with Crippen molar-refractivity contribution in [2.24, 2.45) is 0 Å². The third kappa shape index (κ3) is 5.12. The van der Waals surface area contributed by atoms with Crippen molar-refractivity contribution in [3.63, 3.8) is 0 Å². The fraction of sp³-hybridized carbons (Fsp3) is 0.706. The van der Waals surface area contributed by atoms with Crippen LogP contribution < -0.4 is 10.2 Å². The molecule has 0 aliphatic rings. The molecule has 1 rings (SSSR count). The van der Waals surface area contributed by atoms with E-state index >= 15 is 0 Å². The minimum atomic E-state index is 0.130. The van der Waals surface area contributed by atoms with E-state index in [1.54, 1.807) is 0 Å². The molecule has 0 radical (unpaired) electrons. The molecular weight excluding hydrogens is 246 g/mol. The van der Waals surface area contributed by atoms with Gasteiger partial charge in [-0.3, -0.25) is 0 Å². The van der Waals surface area contributed by atoms with Gasteiger partial charge < -0.3 is 10.2 Å². The first-order chi connectivity index (χ1) is 9.10. The maximum Gasteiger partial charge on any atom is 0.129 e. The molecule has 0 atom stereocenters. The smallest absolute Gasteiger partial charge is 0.129 e. The van der Waals surface area contributed by atoms with Crippen molar-refractivity contribution in [2.75, 3.05) is 11.9 Å². The molecule has 0 saturated heterocycles. The highest BCUT2D eigenvalue weighted by Gasteiger charge is 2.13. The summed E-state index contributed by atoms with van der Waals surface area (Å²) in [6.07, 6.45) is 0. The van der Waals surface area contributed by atoms with Gasteiger partial charge in [-0.2, -0.15) is 0 Å². The van der Waals surface area contributed by atoms with Crippen LogP contribution in [0, 0.1) is 0 Å². The first-order valence-corrected chi connectivity index (χ1v) is 7.59. The third-order valence-corrected chi connectivity index (χ3v) is 3.44. The minimum Gasteiger partial charge on any atom is -0.357 e. The first-order valence-electron chi connectivity index (χ1n) is 7.59. The van der Waals surface area contributed by atoms with Crippen LogP contribution in [-0.4, -0.2) is 23.6 Å². The molecule has 1 aromatic heterocycles. The van der Waals surface area contributed by atoms with E-state index in [1.807, 2.05) is 0 Å². The Morgan fingerprint density at radius 1 is 1.15 bits per heavy atom. The Kier molecular flexibility index (Phi) is 5.58. The summed E-state index contributed by atoms with van der Waals surface area (Å²) in [5.41, 5.74) is 2.60. The summed E-state index contributed by atoms with van der Waals surface area (Å²) in [5.74, 6) is 1.51. The molecule has 0 bridgehead atoms. The molecule has 0 aromatic carbocycles. The van der Waals surface area contributed by atoms with Gasteiger partial charge in [-0.25, -0.2) is 4.98 Å². The second-order valence-electron chi connectivity index (χ2n) is 7.22. The lowest BCUT2D eigenvalue weighted by Crippen LogP contribution is -2.35. The van der Waals surface area contributed by atoms with Gasteiger partial charge in [0.15, 0.2) is 0 Å². The number of pyridine rings is 1. The SMILES string of the molecule is CC(C)c1cc(CNC(C)(C)C)cc(N(C)C(C)C)n1. The van der Waals surface area contributed by atoms with Crippen molar-refractivity contribution >= 4 is 5.82 Å². The highest BCUT2D eigenvalue weighted by molar-refractivity contribution is 5.43. The predicted molar refractivity (Wildman–Crippen MR) is 88.5 cm³/mol. The molecule has 0 aliphatic carbocycles. The van der Waals surface area contributed by atoms with Crippen molar-refractivity contribution in [2.45, 2.75) is 72.5 Å². The van der Waals surface area contributed by atoms with Crippen molar-refractivity contribution in [1.82, 2.24) is 10.3 Å². The zero-order valence-electron chi connectivity index (χ0n) is 14.4. The Bertz CT molecular complexity index is 430. The van der Waals surface area contributed by atoms with Crippen LogP contribution in [0.4, 0.5) is 5.82 Å². The third-order valence-electron chi connectivity index (χ3n) is 3.44. The first kappa shape index (κ1) is 17.0. The molecule has 0 fully saturated rings. The van der Waals surface area contributed by atoms with Crippen LogP contribution in [0.15, 0.2) is 12.1 Å². The zero-order chi connectivity index (χ0) is 15.5. The van der Waals surface area contributed by atoms with Crippen molar-refractivity contribution < 1.29 is 0 Å². The standard InChI is InChI=1S/C17H31N3/c1-12(2)15-9-14(11-18-17(5,6)7)10-16(19-15)20(8)13(3)4/h9-10,12-13,18H,11H2,1-8H3. The normalized spacial score (nSPS) is 12.3. The van der Waals surface area contributed by atoms with Crippen LogP contribution in [0.25, 0.3) is 0 Å². The highest BCUT2D eigenvalue weighted by Crippen LogP contribution is 2.21. The monoisotopic (exact) mass is 277 g/mol. The summed E-state index contributed by atoms with van der Waals surface area (Å²) < 4.78 is 0. The number of hydrogen-bond donors (Lipinski definition) is 1. The molecule has 0 aliphatic heterocycles. The van der Waals surface area contributed by atoms with Crippen LogP contribution in [0.5, 0.6) is 0 Å². The van der Waals surface area contributed by atoms with Crippen LogP contribution in [0.1, 0.15) is 65.6 Å². The van der Waals surface area contributed by atoms with E-state index in [0.29, 0.717) is 12.0 Å². The largest absolute Gasteiger partial charge is 0.357 e. The quantitative estimate of drug-likeness (QED) is 0.883. The number of aromatic nitrogens is 1. The molecule has 114 valence electrons. The highest BCUT2D eigenvalue weighted by atomic mass is 15.2. The summed E-state index contributed by atoms with van der Waals surface area (Å²) in [4.78, 5) is 7.03. The van der Waals surface area contributed by atoms with Gasteiger partial charge >= 0.3 is 0 Å². The molecular formula is C17H31N3. The predicted octanol–water partition coefficient (Wildman–Crippen LogP) is 3.94. The molecule has 1 heterocycles. The fourth-order valence-electron chi connectivity index (χ4n) is 1.80. The van der Waals surface area contributed by atoms with Gasteiger partial charge in [0.2, 0.25) is 0 Å². The lowest BCUT2D eigenvalue weighted by Gasteiger charge is -2.25. The second-order valence-corrected chi connectivity index (χ2v) is 7.22. The van der Waals surface area contributed by atoms with Gasteiger partial charge in [0.1, 0.15) is 5.82 Å². The van der Waals surface area contributed by atoms with E-state index in [0.717, 1.165) is 12.4 Å². The van der Waals surface area contributed by atoms with Gasteiger partial charge in [-0.05, 0) is 58.2 Å². The van der Waals surface area contributed by atoms with E-state index in [1.165, 1.54) is 11.3 Å². The van der Waals surface area contributed by atoms with Crippen molar-refractivity contribution in [1.29, 1.82) is 0 Å². The number of rotatable bonds is 5. The van der Waals surface area contributed by atoms with E-state index in [9.17, 15) is 0 Å². The van der Waals surface area contributed by atoms with Crippen LogP contribution in [0.2, 0.25) is 0 Å². The average Bonchev–Trinajstić information content (AvgIpc) is 2.34. The number of nitrogens with zero attached hydrogens (tertiary/aromatic N) is 2. The number of hydrogen-bond acceptors (Lipinski definition) is 3. The molecule has 0 unspecified atom stereocenters. The lowest BCUT2D eigenvalue weighted by molar-refractivity contribution is 0.424. The summed E-state index contributed by atoms with van der Waals surface area (Å²) in [6.45, 7) is 16.2. The van der Waals surface area contributed by atoms with Crippen molar-refractivity contribution in [3.8, 4) is 0 Å². The zero-order valence-corrected chi connectivity index (χ0v) is 14.4. The Balaban J connectivity index is 3.05. The average molecular weight is 277 g/mol. The Hall–Kier alpha value is -1.09. The number of nitrogens with one attached hydrogen (secondary N) is 1. The molecule has 3 nitrogen and oxygen atoms in total. The topological polar surface area (TPSA) is 28.2 Å². The van der Waals surface area contributed by atoms with Gasteiger partial charge in [0, 0.05) is 30.9 Å². The summed E-state index contributed by atoms with van der Waals surface area (Å²) in [5, 5.41) is 3.55. The van der Waals surface area contributed by atoms with Gasteiger partial charge in [0.05, 0.1) is 0 Å². The maximum atomic E-state index is 4.80. The summed E-state index contributed by atoms with van der Waals surface area (Å²) >= 11 is 0. The molecule has 1 aromatic rings. The minimum absolute atomic E-state index is 0.130. The molecule has 0 amide bonds. The maximum absolute atomic E-state index is 4.80. The van der Waals surface area contributed by atoms with Crippen LogP contribution in [-0.2, 0) is 6.54 Å². The molecule has 0 spiro atoms. The van der Waals surface area contributed by atoms with E-state index < -0.39 is 0 Å². The van der Waals surface area contributed by atoms with E-state index in [2.05, 4.69) is 77.9 Å². The van der Waals surface area contributed by atoms with Crippen LogP contribution >= 0.6 is 0 Å². The van der Waals surface area contributed by atoms with Gasteiger partial charge in [-0.15, -0.1) is 0 Å². The summed E-state index contributed by atoms with van der Waals surface area (Å²) in [7, 11) is 2.11. The van der Waals surface area contributed by atoms with Gasteiger partial charge in [-0.1, -0.05) is 13.8 Å². The lowest BCUT2D eigenvalue weighted by atomic mass is 10.1. The second kappa shape index (κ2) is 6.57. The summed E-state index contributed by atoms with van der Waals surface area (Å²) in [6, 6.07) is 4.87. The fourth-order valence-corrected chi connectivity index (χ4v) is 1.80. The van der Waals surface area contributed by atoms with Gasteiger partial charge in [0.25, 0.3) is 0 Å². The molecule has 0 saturated carbocycles.